The highest BCUT2D eigenvalue weighted by atomic mass is 16.5. The van der Waals surface area contributed by atoms with Crippen LogP contribution < -0.4 is 15.0 Å². The zero-order chi connectivity index (χ0) is 14.8. The number of hydrogen-bond acceptors (Lipinski definition) is 5. The average molecular weight is 287 g/mol. The summed E-state index contributed by atoms with van der Waals surface area (Å²) in [7, 11) is 3.31. The molecule has 1 saturated heterocycles. The molecule has 1 fully saturated rings. The number of amides is 1. The van der Waals surface area contributed by atoms with Crippen LogP contribution in [-0.2, 0) is 0 Å². The Morgan fingerprint density at radius 1 is 1.48 bits per heavy atom. The van der Waals surface area contributed by atoms with Gasteiger partial charge in [-0.2, -0.15) is 0 Å². The Kier molecular flexibility index (Phi) is 3.57. The number of rotatable bonds is 4. The third kappa shape index (κ3) is 2.59. The van der Waals surface area contributed by atoms with Crippen molar-refractivity contribution in [1.82, 2.24) is 20.3 Å². The molecule has 7 heteroatoms. The lowest BCUT2D eigenvalue weighted by Gasteiger charge is -2.26. The summed E-state index contributed by atoms with van der Waals surface area (Å²) in [5, 5.41) is 11.2. The van der Waals surface area contributed by atoms with Crippen molar-refractivity contribution in [1.29, 1.82) is 0 Å². The molecule has 1 amide bonds. The lowest BCUT2D eigenvalue weighted by Crippen LogP contribution is -2.43. The molecule has 2 heterocycles. The van der Waals surface area contributed by atoms with Gasteiger partial charge in [-0.3, -0.25) is 4.79 Å². The molecule has 2 aromatic rings. The third-order valence-corrected chi connectivity index (χ3v) is 3.61. The second kappa shape index (κ2) is 5.53. The molecule has 1 N–H and O–H groups in total. The van der Waals surface area contributed by atoms with Gasteiger partial charge in [-0.1, -0.05) is 11.3 Å². The Labute approximate surface area is 122 Å². The summed E-state index contributed by atoms with van der Waals surface area (Å²) in [6, 6.07) is 7.62. The van der Waals surface area contributed by atoms with E-state index in [1.54, 1.807) is 31.1 Å². The lowest BCUT2D eigenvalue weighted by molar-refractivity contribution is 0.0988. The van der Waals surface area contributed by atoms with Gasteiger partial charge in [-0.15, -0.1) is 5.10 Å². The van der Waals surface area contributed by atoms with E-state index in [0.717, 1.165) is 18.8 Å². The maximum Gasteiger partial charge on any atom is 0.280 e. The number of aromatic nitrogens is 3. The van der Waals surface area contributed by atoms with Crippen molar-refractivity contribution in [3.63, 3.8) is 0 Å². The van der Waals surface area contributed by atoms with Crippen LogP contribution in [0.25, 0.3) is 0 Å². The summed E-state index contributed by atoms with van der Waals surface area (Å²) in [5.74, 6) is 0.512. The van der Waals surface area contributed by atoms with Crippen molar-refractivity contribution in [3.05, 3.63) is 36.2 Å². The normalized spacial score (nSPS) is 14.6. The Balaban J connectivity index is 1.78. The molecule has 1 aromatic heterocycles. The molecule has 1 aromatic carbocycles. The second-order valence-electron chi connectivity index (χ2n) is 4.96. The highest BCUT2D eigenvalue weighted by Gasteiger charge is 2.23. The summed E-state index contributed by atoms with van der Waals surface area (Å²) in [6.45, 7) is 1.73. The van der Waals surface area contributed by atoms with Gasteiger partial charge in [0.15, 0.2) is 5.69 Å². The Bertz CT molecular complexity index is 650. The number of methoxy groups -OCH3 is 1. The monoisotopic (exact) mass is 287 g/mol. The quantitative estimate of drug-likeness (QED) is 0.896. The van der Waals surface area contributed by atoms with Crippen LogP contribution in [0.3, 0.4) is 0 Å². The first-order valence-electron chi connectivity index (χ1n) is 6.73. The van der Waals surface area contributed by atoms with Gasteiger partial charge in [0.05, 0.1) is 19.3 Å². The second-order valence-corrected chi connectivity index (χ2v) is 4.96. The summed E-state index contributed by atoms with van der Waals surface area (Å²) >= 11 is 0. The van der Waals surface area contributed by atoms with E-state index in [1.807, 2.05) is 18.2 Å². The Morgan fingerprint density at radius 2 is 2.29 bits per heavy atom. The number of anilines is 1. The largest absolute Gasteiger partial charge is 0.497 e. The topological polar surface area (TPSA) is 72.3 Å². The number of nitrogens with zero attached hydrogens (tertiary/aromatic N) is 4. The van der Waals surface area contributed by atoms with E-state index in [2.05, 4.69) is 15.6 Å². The maximum atomic E-state index is 12.4. The molecule has 0 radical (unpaired) electrons. The number of carbonyl (C=O) groups is 1. The number of carbonyl (C=O) groups excluding carboxylic acids is 1. The first kappa shape index (κ1) is 13.6. The van der Waals surface area contributed by atoms with Crippen LogP contribution in [0.2, 0.25) is 0 Å². The standard InChI is InChI=1S/C14H17N5O2/c1-18(10-4-3-5-12(6-10)21-2)14(20)13-9-19(17-16-13)11-7-15-8-11/h3-6,9,11,15H,7-8H2,1-2H3. The van der Waals surface area contributed by atoms with Gasteiger partial charge in [0.2, 0.25) is 0 Å². The van der Waals surface area contributed by atoms with Crippen molar-refractivity contribution in [2.24, 2.45) is 0 Å². The molecule has 110 valence electrons. The average Bonchev–Trinajstić information content (AvgIpc) is 2.93. The first-order valence-corrected chi connectivity index (χ1v) is 6.73. The van der Waals surface area contributed by atoms with Crippen molar-refractivity contribution in [3.8, 4) is 5.75 Å². The predicted octanol–water partition coefficient (Wildman–Crippen LogP) is 0.708. The molecule has 0 aliphatic carbocycles. The zero-order valence-corrected chi connectivity index (χ0v) is 12.0. The molecule has 1 aliphatic heterocycles. The fraction of sp³-hybridized carbons (Fsp3) is 0.357. The van der Waals surface area contributed by atoms with Crippen molar-refractivity contribution in [2.75, 3.05) is 32.1 Å². The number of nitrogens with one attached hydrogen (secondary N) is 1. The minimum absolute atomic E-state index is 0.193. The van der Waals surface area contributed by atoms with Crippen molar-refractivity contribution in [2.45, 2.75) is 6.04 Å². The van der Waals surface area contributed by atoms with Gasteiger partial charge in [-0.05, 0) is 12.1 Å². The third-order valence-electron chi connectivity index (χ3n) is 3.61. The molecule has 0 spiro atoms. The number of ether oxygens (including phenoxy) is 1. The lowest BCUT2D eigenvalue weighted by atomic mass is 10.2. The molecule has 1 aliphatic rings. The summed E-state index contributed by atoms with van der Waals surface area (Å²) < 4.78 is 6.91. The van der Waals surface area contributed by atoms with E-state index < -0.39 is 0 Å². The molecule has 0 unspecified atom stereocenters. The molecule has 0 atom stereocenters. The number of benzene rings is 1. The van der Waals surface area contributed by atoms with Gasteiger partial charge < -0.3 is 15.0 Å². The van der Waals surface area contributed by atoms with Crippen LogP contribution in [-0.4, -0.2) is 48.1 Å². The smallest absolute Gasteiger partial charge is 0.280 e. The maximum absolute atomic E-state index is 12.4. The molecule has 7 nitrogen and oxygen atoms in total. The Hall–Kier alpha value is -2.41. The SMILES string of the molecule is COc1cccc(N(C)C(=O)c2cn(C3CNC3)nn2)c1. The minimum atomic E-state index is -0.193. The van der Waals surface area contributed by atoms with E-state index >= 15 is 0 Å². The molecular formula is C14H17N5O2. The summed E-state index contributed by atoms with van der Waals surface area (Å²) in [6.07, 6.45) is 1.70. The van der Waals surface area contributed by atoms with Crippen LogP contribution in [0.1, 0.15) is 16.5 Å². The van der Waals surface area contributed by atoms with Crippen LogP contribution in [0.4, 0.5) is 5.69 Å². The summed E-state index contributed by atoms with van der Waals surface area (Å²) in [4.78, 5) is 14.0. The highest BCUT2D eigenvalue weighted by molar-refractivity contribution is 6.04. The fourth-order valence-corrected chi connectivity index (χ4v) is 2.12. The van der Waals surface area contributed by atoms with Crippen LogP contribution >= 0.6 is 0 Å². The van der Waals surface area contributed by atoms with E-state index in [0.29, 0.717) is 17.5 Å². The zero-order valence-electron chi connectivity index (χ0n) is 12.0. The first-order chi connectivity index (χ1) is 10.2. The van der Waals surface area contributed by atoms with Crippen LogP contribution in [0, 0.1) is 0 Å². The van der Waals surface area contributed by atoms with Gasteiger partial charge in [-0.25, -0.2) is 4.68 Å². The van der Waals surface area contributed by atoms with Gasteiger partial charge in [0.1, 0.15) is 5.75 Å². The molecule has 21 heavy (non-hydrogen) atoms. The summed E-state index contributed by atoms with van der Waals surface area (Å²) in [5.41, 5.74) is 1.09. The number of hydrogen-bond donors (Lipinski definition) is 1. The molecule has 0 saturated carbocycles. The molecular weight excluding hydrogens is 270 g/mol. The Morgan fingerprint density at radius 3 is 2.95 bits per heavy atom. The van der Waals surface area contributed by atoms with Crippen LogP contribution in [0.15, 0.2) is 30.5 Å². The fourth-order valence-electron chi connectivity index (χ4n) is 2.12. The highest BCUT2D eigenvalue weighted by Crippen LogP contribution is 2.21. The van der Waals surface area contributed by atoms with Gasteiger partial charge in [0.25, 0.3) is 5.91 Å². The van der Waals surface area contributed by atoms with Crippen molar-refractivity contribution < 1.29 is 9.53 Å². The van der Waals surface area contributed by atoms with Gasteiger partial charge in [0, 0.05) is 31.9 Å². The predicted molar refractivity (Wildman–Crippen MR) is 77.7 cm³/mol. The van der Waals surface area contributed by atoms with Crippen LogP contribution in [0.5, 0.6) is 5.75 Å². The van der Waals surface area contributed by atoms with Crippen molar-refractivity contribution >= 4 is 11.6 Å². The molecule has 3 rings (SSSR count). The van der Waals surface area contributed by atoms with E-state index in [1.165, 1.54) is 4.90 Å². The minimum Gasteiger partial charge on any atom is -0.497 e. The van der Waals surface area contributed by atoms with Gasteiger partial charge >= 0.3 is 0 Å². The van der Waals surface area contributed by atoms with E-state index in [4.69, 9.17) is 4.74 Å². The van der Waals surface area contributed by atoms with E-state index in [-0.39, 0.29) is 5.91 Å². The van der Waals surface area contributed by atoms with E-state index in [9.17, 15) is 4.79 Å². The molecule has 0 bridgehead atoms.